The molecule has 0 aliphatic carbocycles. The van der Waals surface area contributed by atoms with Crippen molar-refractivity contribution in [2.24, 2.45) is 5.41 Å². The Morgan fingerprint density at radius 3 is 2.30 bits per heavy atom. The number of hydrogen-bond acceptors (Lipinski definition) is 11. The van der Waals surface area contributed by atoms with Gasteiger partial charge in [0, 0.05) is 68.8 Å². The Bertz CT molecular complexity index is 2860. The number of fused-ring (bicyclic) bond motifs is 2. The van der Waals surface area contributed by atoms with Crippen LogP contribution in [0.4, 0.5) is 30.2 Å². The highest BCUT2D eigenvalue weighted by Gasteiger charge is 2.48. The molecule has 4 aliphatic heterocycles. The van der Waals surface area contributed by atoms with E-state index in [4.69, 9.17) is 4.74 Å². The maximum Gasteiger partial charge on any atom is 0.252 e. The van der Waals surface area contributed by atoms with Crippen molar-refractivity contribution in [3.63, 3.8) is 0 Å². The largest absolute Gasteiger partial charge is 0.379 e. The molecule has 2 fully saturated rings. The Labute approximate surface area is 448 Å². The molecular formula is C57H71F3N10O7. The average molecular weight is 1070 g/mol. The van der Waals surface area contributed by atoms with Gasteiger partial charge in [0.1, 0.15) is 35.2 Å². The second-order valence-electron chi connectivity index (χ2n) is 22.2. The molecule has 7 atom stereocenters. The summed E-state index contributed by atoms with van der Waals surface area (Å²) >= 11 is 0. The lowest BCUT2D eigenvalue weighted by molar-refractivity contribution is -0.144. The number of carbonyl (C=O) groups is 6. The number of ether oxygens (including phenoxy) is 1. The van der Waals surface area contributed by atoms with Crippen LogP contribution in [0.2, 0.25) is 0 Å². The van der Waals surface area contributed by atoms with E-state index in [1.54, 1.807) is 70.8 Å². The highest BCUT2D eigenvalue weighted by molar-refractivity contribution is 6.05. The van der Waals surface area contributed by atoms with Gasteiger partial charge in [-0.3, -0.25) is 38.6 Å². The van der Waals surface area contributed by atoms with Crippen molar-refractivity contribution in [1.82, 2.24) is 36.0 Å². The summed E-state index contributed by atoms with van der Waals surface area (Å²) in [5.41, 5.74) is 0.985. The Balaban J connectivity index is 1.01. The number of morpholine rings is 1. The van der Waals surface area contributed by atoms with Gasteiger partial charge < -0.3 is 46.4 Å². The number of likely N-dealkylation sites (N-methyl/N-ethyl adjacent to an activating group) is 1. The van der Waals surface area contributed by atoms with Gasteiger partial charge >= 0.3 is 0 Å². The van der Waals surface area contributed by atoms with Crippen LogP contribution >= 0.6 is 0 Å². The Kier molecular flexibility index (Phi) is 17.2. The minimum absolute atomic E-state index is 0.00399. The second-order valence-corrected chi connectivity index (χ2v) is 22.2. The molecule has 0 bridgehead atoms. The molecule has 0 spiro atoms. The molecule has 412 valence electrons. The van der Waals surface area contributed by atoms with E-state index in [1.807, 2.05) is 18.2 Å². The highest BCUT2D eigenvalue weighted by atomic mass is 19.1. The zero-order valence-electron chi connectivity index (χ0n) is 45.0. The summed E-state index contributed by atoms with van der Waals surface area (Å²) < 4.78 is 49.5. The third-order valence-corrected chi connectivity index (χ3v) is 15.3. The SMILES string of the molecule is CN[C@@H](C)C(=O)N[C@H](C(=O)N1Cc2ccc(NC(=O)CNC(=O)[C@]3(C)CN(C(=O)CN4C[C@@H](C)NC[C@@H]4CN4CCOC[C@H]4C)c4cc(Cc5ccc(F)cc5)ccc43)cc2[C@H]1C(=O)Nc1c(F)cccc1F)C(C)(C)C. The van der Waals surface area contributed by atoms with Crippen LogP contribution in [0.5, 0.6) is 0 Å². The summed E-state index contributed by atoms with van der Waals surface area (Å²) in [6, 6.07) is 16.8. The van der Waals surface area contributed by atoms with Gasteiger partial charge in [0.15, 0.2) is 0 Å². The van der Waals surface area contributed by atoms with Gasteiger partial charge in [-0.25, -0.2) is 13.2 Å². The molecule has 2 saturated heterocycles. The van der Waals surface area contributed by atoms with Crippen LogP contribution in [0.15, 0.2) is 78.9 Å². The van der Waals surface area contributed by atoms with E-state index >= 15 is 0 Å². The molecule has 6 amide bonds. The van der Waals surface area contributed by atoms with Crippen LogP contribution in [-0.2, 0) is 51.9 Å². The zero-order chi connectivity index (χ0) is 55.5. The van der Waals surface area contributed by atoms with Crippen molar-refractivity contribution in [1.29, 1.82) is 0 Å². The van der Waals surface area contributed by atoms with Gasteiger partial charge in [0.05, 0.1) is 37.8 Å². The maximum absolute atomic E-state index is 15.0. The molecule has 17 nitrogen and oxygen atoms in total. The molecule has 77 heavy (non-hydrogen) atoms. The van der Waals surface area contributed by atoms with Gasteiger partial charge in [0.2, 0.25) is 29.5 Å². The molecule has 6 N–H and O–H groups in total. The van der Waals surface area contributed by atoms with Gasteiger partial charge in [-0.05, 0) is 117 Å². The molecule has 0 saturated carbocycles. The molecule has 4 aromatic rings. The van der Waals surface area contributed by atoms with E-state index in [2.05, 4.69) is 55.5 Å². The first-order chi connectivity index (χ1) is 36.5. The Morgan fingerprint density at radius 2 is 1.61 bits per heavy atom. The van der Waals surface area contributed by atoms with E-state index < -0.39 is 82.4 Å². The summed E-state index contributed by atoms with van der Waals surface area (Å²) in [4.78, 5) is 92.6. The predicted molar refractivity (Wildman–Crippen MR) is 286 cm³/mol. The van der Waals surface area contributed by atoms with Crippen molar-refractivity contribution in [3.8, 4) is 0 Å². The first kappa shape index (κ1) is 56.5. The molecule has 0 radical (unpaired) electrons. The molecule has 8 rings (SSSR count). The number of anilines is 3. The second kappa shape index (κ2) is 23.5. The van der Waals surface area contributed by atoms with Crippen LogP contribution in [-0.4, -0.2) is 146 Å². The normalized spacial score (nSPS) is 22.4. The van der Waals surface area contributed by atoms with Crippen molar-refractivity contribution < 1.29 is 46.7 Å². The molecular weight excluding hydrogens is 994 g/mol. The topological polar surface area (TPSA) is 197 Å². The molecule has 4 aromatic carbocycles. The lowest BCUT2D eigenvalue weighted by atomic mass is 9.83. The number of piperazine rings is 1. The van der Waals surface area contributed by atoms with Crippen molar-refractivity contribution in [2.45, 2.75) is 103 Å². The third kappa shape index (κ3) is 12.7. The number of carbonyl (C=O) groups excluding carboxylic acids is 6. The van der Waals surface area contributed by atoms with Crippen LogP contribution in [0.1, 0.15) is 82.3 Å². The van der Waals surface area contributed by atoms with Gasteiger partial charge in [0.25, 0.3) is 5.91 Å². The molecule has 0 aromatic heterocycles. The summed E-state index contributed by atoms with van der Waals surface area (Å²) in [5, 5.41) is 17.1. The van der Waals surface area contributed by atoms with E-state index in [1.165, 1.54) is 23.1 Å². The average Bonchev–Trinajstić information content (AvgIpc) is 4.00. The summed E-state index contributed by atoms with van der Waals surface area (Å²) in [5.74, 6) is -5.77. The van der Waals surface area contributed by atoms with Crippen molar-refractivity contribution >= 4 is 52.5 Å². The number of benzene rings is 4. The Hall–Kier alpha value is -6.71. The van der Waals surface area contributed by atoms with Crippen molar-refractivity contribution in [2.75, 3.05) is 81.6 Å². The fourth-order valence-electron chi connectivity index (χ4n) is 10.7. The Morgan fingerprint density at radius 1 is 0.896 bits per heavy atom. The quantitative estimate of drug-likeness (QED) is 0.0919. The van der Waals surface area contributed by atoms with Crippen LogP contribution in [0.3, 0.4) is 0 Å². The zero-order valence-corrected chi connectivity index (χ0v) is 45.0. The summed E-state index contributed by atoms with van der Waals surface area (Å²) in [6.45, 7) is 16.5. The molecule has 0 unspecified atom stereocenters. The minimum Gasteiger partial charge on any atom is -0.379 e. The standard InChI is InChI=1S/C57H71F3N10O7/c1-33-27-68(41(25-62-33)29-67-20-21-77-31-34(67)2)30-48(72)70-32-57(7,43-19-14-37(23-46(43)70)22-36-12-16-39(58)17-13-36)55(76)63-26-47(71)64-40-18-15-38-28-69(54(75)51(56(4,5)6)66-52(73)35(3)61-8)50(42(38)24-40)53(74)65-49-44(59)10-9-11-45(49)60/h9-19,23-24,33-35,41,50-51,61-62H,20-22,25-32H2,1-8H3,(H,63,76)(H,64,71)(H,65,74)(H,66,73)/t33-,34-,35+,41-,50+,51-,57-/m1/s1. The maximum atomic E-state index is 15.0. The predicted octanol–water partition coefficient (Wildman–Crippen LogP) is 4.60. The van der Waals surface area contributed by atoms with Crippen LogP contribution in [0, 0.1) is 22.9 Å². The molecule has 4 aliphatic rings. The number of halogens is 3. The first-order valence-corrected chi connectivity index (χ1v) is 26.3. The first-order valence-electron chi connectivity index (χ1n) is 26.3. The fraction of sp³-hybridized carbons (Fsp3) is 0.474. The highest BCUT2D eigenvalue weighted by Crippen LogP contribution is 2.43. The number of amides is 6. The van der Waals surface area contributed by atoms with Crippen LogP contribution in [0.25, 0.3) is 0 Å². The van der Waals surface area contributed by atoms with Gasteiger partial charge in [-0.1, -0.05) is 57.2 Å². The number of rotatable bonds is 16. The molecule has 4 heterocycles. The van der Waals surface area contributed by atoms with Gasteiger partial charge in [-0.2, -0.15) is 0 Å². The number of hydrogen-bond donors (Lipinski definition) is 6. The van der Waals surface area contributed by atoms with E-state index in [-0.39, 0.29) is 60.7 Å². The molecule has 20 heteroatoms. The summed E-state index contributed by atoms with van der Waals surface area (Å²) in [6.07, 6.45) is 0.451. The smallest absolute Gasteiger partial charge is 0.252 e. The van der Waals surface area contributed by atoms with E-state index in [9.17, 15) is 41.9 Å². The number of para-hydroxylation sites is 1. The summed E-state index contributed by atoms with van der Waals surface area (Å²) in [7, 11) is 1.60. The fourth-order valence-corrected chi connectivity index (χ4v) is 10.7. The number of nitrogens with one attached hydrogen (secondary N) is 6. The van der Waals surface area contributed by atoms with Crippen molar-refractivity contribution in [3.05, 3.63) is 124 Å². The van der Waals surface area contributed by atoms with Crippen LogP contribution < -0.4 is 36.8 Å². The van der Waals surface area contributed by atoms with E-state index in [0.717, 1.165) is 42.4 Å². The monoisotopic (exact) mass is 1060 g/mol. The van der Waals surface area contributed by atoms with E-state index in [0.29, 0.717) is 49.5 Å². The lowest BCUT2D eigenvalue weighted by Crippen LogP contribution is -2.62. The third-order valence-electron chi connectivity index (χ3n) is 15.3. The lowest BCUT2D eigenvalue weighted by Gasteiger charge is -2.43. The minimum atomic E-state index is -1.46. The van der Waals surface area contributed by atoms with Gasteiger partial charge in [-0.15, -0.1) is 0 Å². The number of nitrogens with zero attached hydrogens (tertiary/aromatic N) is 4.